The molecular formula is C12H17N3O. The van der Waals surface area contributed by atoms with Gasteiger partial charge in [0.15, 0.2) is 0 Å². The molecule has 0 unspecified atom stereocenters. The summed E-state index contributed by atoms with van der Waals surface area (Å²) in [5.41, 5.74) is 1.03. The lowest BCUT2D eigenvalue weighted by molar-refractivity contribution is 0.223. The Morgan fingerprint density at radius 1 is 1.69 bits per heavy atom. The molecule has 2 atom stereocenters. The number of nitrogens with one attached hydrogen (secondary N) is 2. The van der Waals surface area contributed by atoms with Gasteiger partial charge >= 0.3 is 6.03 Å². The number of nitrogens with zero attached hydrogens (tertiary/aromatic N) is 1. The number of amides is 1. The van der Waals surface area contributed by atoms with Crippen molar-refractivity contribution in [1.82, 2.24) is 15.2 Å². The topological polar surface area (TPSA) is 46.1 Å². The van der Waals surface area contributed by atoms with Gasteiger partial charge in [0, 0.05) is 18.4 Å². The Morgan fingerprint density at radius 3 is 3.19 bits per heavy atom. The average molecular weight is 219 g/mol. The van der Waals surface area contributed by atoms with E-state index >= 15 is 0 Å². The van der Waals surface area contributed by atoms with Gasteiger partial charge in [0.1, 0.15) is 0 Å². The van der Waals surface area contributed by atoms with Crippen molar-refractivity contribution in [3.05, 3.63) is 36.7 Å². The maximum atomic E-state index is 11.7. The van der Waals surface area contributed by atoms with Gasteiger partial charge in [-0.25, -0.2) is 4.79 Å². The quantitative estimate of drug-likeness (QED) is 0.756. The predicted octanol–water partition coefficient (Wildman–Crippen LogP) is 1.65. The van der Waals surface area contributed by atoms with Gasteiger partial charge in [0.2, 0.25) is 0 Å². The van der Waals surface area contributed by atoms with E-state index in [4.69, 9.17) is 0 Å². The third-order valence-corrected chi connectivity index (χ3v) is 2.95. The standard InChI is InChI=1S/C12H17N3O/c1-3-7-13-11-9(4-2)14-12(16)15-8-5-6-10(11)15/h3,5-6,8-9,11,13H,1,4,7H2,2H3,(H,14,16)/t9-,11-/m0/s1. The first kappa shape index (κ1) is 11.0. The Balaban J connectivity index is 2.29. The zero-order valence-electron chi connectivity index (χ0n) is 9.44. The molecule has 1 aliphatic heterocycles. The van der Waals surface area contributed by atoms with Gasteiger partial charge in [-0.1, -0.05) is 13.0 Å². The summed E-state index contributed by atoms with van der Waals surface area (Å²) >= 11 is 0. The highest BCUT2D eigenvalue weighted by Gasteiger charge is 2.31. The first-order chi connectivity index (χ1) is 7.77. The van der Waals surface area contributed by atoms with Crippen LogP contribution >= 0.6 is 0 Å². The van der Waals surface area contributed by atoms with Crippen molar-refractivity contribution in [2.45, 2.75) is 25.4 Å². The summed E-state index contributed by atoms with van der Waals surface area (Å²) in [4.78, 5) is 11.7. The van der Waals surface area contributed by atoms with E-state index in [9.17, 15) is 4.79 Å². The third kappa shape index (κ3) is 1.76. The molecule has 0 fully saturated rings. The number of hydrogen-bond donors (Lipinski definition) is 2. The Morgan fingerprint density at radius 2 is 2.50 bits per heavy atom. The number of carbonyl (C=O) groups excluding carboxylic acids is 1. The molecule has 0 saturated heterocycles. The van der Waals surface area contributed by atoms with E-state index in [0.29, 0.717) is 0 Å². The van der Waals surface area contributed by atoms with Crippen molar-refractivity contribution >= 4 is 6.03 Å². The van der Waals surface area contributed by atoms with Gasteiger partial charge in [-0.05, 0) is 18.6 Å². The van der Waals surface area contributed by atoms with E-state index in [0.717, 1.165) is 18.7 Å². The van der Waals surface area contributed by atoms with Crippen LogP contribution in [-0.4, -0.2) is 23.2 Å². The van der Waals surface area contributed by atoms with Crippen LogP contribution in [0.3, 0.4) is 0 Å². The fourth-order valence-corrected chi connectivity index (χ4v) is 2.15. The minimum Gasteiger partial charge on any atom is -0.333 e. The number of hydrogen-bond acceptors (Lipinski definition) is 2. The third-order valence-electron chi connectivity index (χ3n) is 2.95. The van der Waals surface area contributed by atoms with Crippen LogP contribution in [0.1, 0.15) is 25.1 Å². The summed E-state index contributed by atoms with van der Waals surface area (Å²) in [6, 6.07) is 4.16. The monoisotopic (exact) mass is 219 g/mol. The molecule has 0 spiro atoms. The molecule has 1 aromatic heterocycles. The van der Waals surface area contributed by atoms with E-state index in [1.54, 1.807) is 10.8 Å². The van der Waals surface area contributed by atoms with Crippen LogP contribution in [-0.2, 0) is 0 Å². The number of carbonyl (C=O) groups is 1. The molecule has 86 valence electrons. The van der Waals surface area contributed by atoms with Crippen molar-refractivity contribution in [3.8, 4) is 0 Å². The molecule has 0 saturated carbocycles. The Labute approximate surface area is 95.3 Å². The van der Waals surface area contributed by atoms with Crippen molar-refractivity contribution in [2.75, 3.05) is 6.54 Å². The molecule has 16 heavy (non-hydrogen) atoms. The summed E-state index contributed by atoms with van der Waals surface area (Å²) < 4.78 is 1.66. The second-order valence-corrected chi connectivity index (χ2v) is 3.94. The van der Waals surface area contributed by atoms with Crippen molar-refractivity contribution in [3.63, 3.8) is 0 Å². The molecule has 2 N–H and O–H groups in total. The normalized spacial score (nSPS) is 23.7. The summed E-state index contributed by atoms with van der Waals surface area (Å²) in [6.45, 7) is 6.51. The Hall–Kier alpha value is -1.55. The van der Waals surface area contributed by atoms with Crippen LogP contribution in [0.15, 0.2) is 31.0 Å². The Bertz CT molecular complexity index is 397. The van der Waals surface area contributed by atoms with Gasteiger partial charge in [0.05, 0.1) is 12.1 Å². The lowest BCUT2D eigenvalue weighted by Gasteiger charge is -2.33. The molecule has 4 heteroatoms. The SMILES string of the molecule is C=CCN[C@@H]1c2cccn2C(=O)N[C@H]1CC. The van der Waals surface area contributed by atoms with E-state index in [-0.39, 0.29) is 18.1 Å². The molecule has 0 aliphatic carbocycles. The highest BCUT2D eigenvalue weighted by Crippen LogP contribution is 2.23. The van der Waals surface area contributed by atoms with E-state index in [2.05, 4.69) is 24.1 Å². The highest BCUT2D eigenvalue weighted by molar-refractivity contribution is 5.79. The lowest BCUT2D eigenvalue weighted by Crippen LogP contribution is -2.51. The second kappa shape index (κ2) is 4.53. The lowest BCUT2D eigenvalue weighted by atomic mass is 10.0. The van der Waals surface area contributed by atoms with Crippen molar-refractivity contribution in [2.24, 2.45) is 0 Å². The average Bonchev–Trinajstić information content (AvgIpc) is 2.77. The molecule has 2 rings (SSSR count). The first-order valence-corrected chi connectivity index (χ1v) is 5.60. The highest BCUT2D eigenvalue weighted by atomic mass is 16.2. The summed E-state index contributed by atoms with van der Waals surface area (Å²) in [6.07, 6.45) is 4.53. The minimum absolute atomic E-state index is 0.0384. The summed E-state index contributed by atoms with van der Waals surface area (Å²) in [7, 11) is 0. The zero-order chi connectivity index (χ0) is 11.5. The molecule has 1 aliphatic rings. The van der Waals surface area contributed by atoms with Gasteiger partial charge in [-0.15, -0.1) is 6.58 Å². The van der Waals surface area contributed by atoms with E-state index in [1.807, 2.05) is 18.2 Å². The molecule has 2 heterocycles. The molecule has 0 radical (unpaired) electrons. The van der Waals surface area contributed by atoms with Crippen LogP contribution in [0.2, 0.25) is 0 Å². The fraction of sp³-hybridized carbons (Fsp3) is 0.417. The van der Waals surface area contributed by atoms with Crippen LogP contribution in [0.5, 0.6) is 0 Å². The maximum Gasteiger partial charge on any atom is 0.326 e. The predicted molar refractivity (Wildman–Crippen MR) is 63.4 cm³/mol. The van der Waals surface area contributed by atoms with Crippen molar-refractivity contribution in [1.29, 1.82) is 0 Å². The van der Waals surface area contributed by atoms with Gasteiger partial charge < -0.3 is 10.6 Å². The molecule has 0 bridgehead atoms. The van der Waals surface area contributed by atoms with Crippen LogP contribution in [0.25, 0.3) is 0 Å². The Kier molecular flexibility index (Phi) is 3.10. The van der Waals surface area contributed by atoms with Gasteiger partial charge in [-0.2, -0.15) is 0 Å². The number of fused-ring (bicyclic) bond motifs is 1. The van der Waals surface area contributed by atoms with Crippen molar-refractivity contribution < 1.29 is 4.79 Å². The molecule has 4 nitrogen and oxygen atoms in total. The number of aromatic nitrogens is 1. The summed E-state index contributed by atoms with van der Waals surface area (Å²) in [5.74, 6) is 0. The van der Waals surface area contributed by atoms with Gasteiger partial charge in [0.25, 0.3) is 0 Å². The first-order valence-electron chi connectivity index (χ1n) is 5.60. The molecule has 1 aromatic rings. The summed E-state index contributed by atoms with van der Waals surface area (Å²) in [5, 5.41) is 6.38. The zero-order valence-corrected chi connectivity index (χ0v) is 9.44. The fourth-order valence-electron chi connectivity index (χ4n) is 2.15. The molecule has 0 aromatic carbocycles. The van der Waals surface area contributed by atoms with E-state index < -0.39 is 0 Å². The minimum atomic E-state index is -0.0384. The van der Waals surface area contributed by atoms with Gasteiger partial charge in [-0.3, -0.25) is 4.57 Å². The van der Waals surface area contributed by atoms with Crippen LogP contribution in [0.4, 0.5) is 4.79 Å². The maximum absolute atomic E-state index is 11.7. The van der Waals surface area contributed by atoms with E-state index in [1.165, 1.54) is 0 Å². The molecule has 1 amide bonds. The number of rotatable bonds is 4. The van der Waals surface area contributed by atoms with Crippen LogP contribution in [0, 0.1) is 0 Å². The van der Waals surface area contributed by atoms with Crippen LogP contribution < -0.4 is 10.6 Å². The molecular weight excluding hydrogens is 202 g/mol. The smallest absolute Gasteiger partial charge is 0.326 e. The second-order valence-electron chi connectivity index (χ2n) is 3.94. The largest absolute Gasteiger partial charge is 0.333 e.